The standard InChI is InChI=1S/C15H25NO3/c1-4-15(5-2,11-17)10-16-9-12-6-7-13(18)14(8-12)19-3/h6-8,16-18H,4-5,9-11H2,1-3H3. The molecule has 0 aliphatic rings. The molecule has 4 nitrogen and oxygen atoms in total. The number of aromatic hydroxyl groups is 1. The molecule has 0 heterocycles. The molecular weight excluding hydrogens is 242 g/mol. The third-order valence-electron chi connectivity index (χ3n) is 3.91. The van der Waals surface area contributed by atoms with Crippen LogP contribution in [0.15, 0.2) is 18.2 Å². The van der Waals surface area contributed by atoms with Gasteiger partial charge in [-0.2, -0.15) is 0 Å². The van der Waals surface area contributed by atoms with Gasteiger partial charge >= 0.3 is 0 Å². The minimum absolute atomic E-state index is 0.0407. The lowest BCUT2D eigenvalue weighted by Crippen LogP contribution is -2.36. The van der Waals surface area contributed by atoms with Crippen molar-refractivity contribution >= 4 is 0 Å². The van der Waals surface area contributed by atoms with E-state index in [9.17, 15) is 10.2 Å². The van der Waals surface area contributed by atoms with Crippen LogP contribution in [0.3, 0.4) is 0 Å². The number of hydrogen-bond donors (Lipinski definition) is 3. The third kappa shape index (κ3) is 4.11. The van der Waals surface area contributed by atoms with Crippen molar-refractivity contribution < 1.29 is 14.9 Å². The summed E-state index contributed by atoms with van der Waals surface area (Å²) in [5.74, 6) is 0.636. The highest BCUT2D eigenvalue weighted by molar-refractivity contribution is 5.41. The van der Waals surface area contributed by atoms with Crippen molar-refractivity contribution in [3.63, 3.8) is 0 Å². The maximum atomic E-state index is 9.53. The summed E-state index contributed by atoms with van der Waals surface area (Å²) in [6.45, 7) is 5.87. The highest BCUT2D eigenvalue weighted by atomic mass is 16.5. The van der Waals surface area contributed by atoms with E-state index in [1.807, 2.05) is 12.1 Å². The summed E-state index contributed by atoms with van der Waals surface area (Å²) in [5.41, 5.74) is 1.01. The van der Waals surface area contributed by atoms with Gasteiger partial charge in [-0.3, -0.25) is 0 Å². The van der Waals surface area contributed by atoms with Gasteiger partial charge in [0.1, 0.15) is 0 Å². The van der Waals surface area contributed by atoms with E-state index in [1.54, 1.807) is 6.07 Å². The lowest BCUT2D eigenvalue weighted by atomic mass is 9.83. The quantitative estimate of drug-likeness (QED) is 0.676. The predicted molar refractivity (Wildman–Crippen MR) is 76.5 cm³/mol. The number of aliphatic hydroxyl groups excluding tert-OH is 1. The maximum absolute atomic E-state index is 9.53. The number of phenolic OH excluding ortho intramolecular Hbond substituents is 1. The van der Waals surface area contributed by atoms with Crippen LogP contribution in [0.25, 0.3) is 0 Å². The van der Waals surface area contributed by atoms with E-state index < -0.39 is 0 Å². The fourth-order valence-corrected chi connectivity index (χ4v) is 2.08. The van der Waals surface area contributed by atoms with Crippen LogP contribution in [0.5, 0.6) is 11.5 Å². The first-order chi connectivity index (χ1) is 9.10. The molecule has 0 saturated heterocycles. The second-order valence-electron chi connectivity index (χ2n) is 4.97. The van der Waals surface area contributed by atoms with Gasteiger partial charge in [-0.1, -0.05) is 19.9 Å². The first kappa shape index (κ1) is 15.8. The molecule has 1 aromatic carbocycles. The molecule has 3 N–H and O–H groups in total. The molecule has 0 aromatic heterocycles. The van der Waals surface area contributed by atoms with Crippen LogP contribution >= 0.6 is 0 Å². The zero-order valence-electron chi connectivity index (χ0n) is 12.1. The van der Waals surface area contributed by atoms with Crippen LogP contribution in [0.4, 0.5) is 0 Å². The number of phenols is 1. The summed E-state index contributed by atoms with van der Waals surface area (Å²) in [6, 6.07) is 5.32. The van der Waals surface area contributed by atoms with Crippen LogP contribution in [-0.2, 0) is 6.54 Å². The monoisotopic (exact) mass is 267 g/mol. The summed E-state index contributed by atoms with van der Waals surface area (Å²) in [7, 11) is 1.54. The fraction of sp³-hybridized carbons (Fsp3) is 0.600. The second kappa shape index (κ2) is 7.36. The van der Waals surface area contributed by atoms with Crippen molar-refractivity contribution in [2.24, 2.45) is 5.41 Å². The molecule has 19 heavy (non-hydrogen) atoms. The summed E-state index contributed by atoms with van der Waals surface area (Å²) in [5, 5.41) is 22.4. The number of ether oxygens (including phenoxy) is 1. The Kier molecular flexibility index (Phi) is 6.12. The Morgan fingerprint density at radius 1 is 1.26 bits per heavy atom. The highest BCUT2D eigenvalue weighted by Gasteiger charge is 2.24. The molecule has 0 aliphatic carbocycles. The Hall–Kier alpha value is -1.26. The molecule has 0 amide bonds. The molecular formula is C15H25NO3. The molecule has 0 radical (unpaired) electrons. The van der Waals surface area contributed by atoms with E-state index >= 15 is 0 Å². The Morgan fingerprint density at radius 3 is 2.47 bits per heavy atom. The van der Waals surface area contributed by atoms with Crippen molar-refractivity contribution in [1.29, 1.82) is 0 Å². The molecule has 0 spiro atoms. The summed E-state index contributed by atoms with van der Waals surface area (Å²) >= 11 is 0. The summed E-state index contributed by atoms with van der Waals surface area (Å²) < 4.78 is 5.08. The van der Waals surface area contributed by atoms with Gasteiger partial charge in [-0.05, 0) is 30.5 Å². The Morgan fingerprint density at radius 2 is 1.95 bits per heavy atom. The highest BCUT2D eigenvalue weighted by Crippen LogP contribution is 2.27. The topological polar surface area (TPSA) is 61.7 Å². The minimum atomic E-state index is -0.0407. The van der Waals surface area contributed by atoms with Gasteiger partial charge < -0.3 is 20.3 Å². The number of methoxy groups -OCH3 is 1. The van der Waals surface area contributed by atoms with E-state index in [4.69, 9.17) is 4.74 Å². The first-order valence-electron chi connectivity index (χ1n) is 6.78. The average molecular weight is 267 g/mol. The average Bonchev–Trinajstić information content (AvgIpc) is 2.46. The number of benzene rings is 1. The molecule has 0 bridgehead atoms. The molecule has 0 aliphatic heterocycles. The molecule has 0 fully saturated rings. The van der Waals surface area contributed by atoms with E-state index in [1.165, 1.54) is 7.11 Å². The zero-order valence-corrected chi connectivity index (χ0v) is 12.1. The molecule has 4 heteroatoms. The largest absolute Gasteiger partial charge is 0.504 e. The van der Waals surface area contributed by atoms with Crippen molar-refractivity contribution in [3.05, 3.63) is 23.8 Å². The Balaban J connectivity index is 2.57. The van der Waals surface area contributed by atoms with Crippen molar-refractivity contribution in [2.45, 2.75) is 33.2 Å². The number of aliphatic hydroxyl groups is 1. The van der Waals surface area contributed by atoms with Gasteiger partial charge in [0.15, 0.2) is 11.5 Å². The fourth-order valence-electron chi connectivity index (χ4n) is 2.08. The Labute approximate surface area is 115 Å². The van der Waals surface area contributed by atoms with Crippen molar-refractivity contribution in [3.8, 4) is 11.5 Å². The molecule has 0 unspecified atom stereocenters. The number of hydrogen-bond acceptors (Lipinski definition) is 4. The van der Waals surface area contributed by atoms with E-state index in [0.29, 0.717) is 12.3 Å². The smallest absolute Gasteiger partial charge is 0.160 e. The molecule has 108 valence electrons. The molecule has 0 saturated carbocycles. The molecule has 1 rings (SSSR count). The summed E-state index contributed by atoms with van der Waals surface area (Å²) in [6.07, 6.45) is 1.90. The third-order valence-corrected chi connectivity index (χ3v) is 3.91. The van der Waals surface area contributed by atoms with Gasteiger partial charge in [-0.25, -0.2) is 0 Å². The lowest BCUT2D eigenvalue weighted by molar-refractivity contribution is 0.113. The minimum Gasteiger partial charge on any atom is -0.504 e. The lowest BCUT2D eigenvalue weighted by Gasteiger charge is -2.29. The maximum Gasteiger partial charge on any atom is 0.160 e. The van der Waals surface area contributed by atoms with Gasteiger partial charge in [-0.15, -0.1) is 0 Å². The second-order valence-corrected chi connectivity index (χ2v) is 4.97. The van der Waals surface area contributed by atoms with Crippen molar-refractivity contribution in [1.82, 2.24) is 5.32 Å². The van der Waals surface area contributed by atoms with Crippen LogP contribution in [0.2, 0.25) is 0 Å². The van der Waals surface area contributed by atoms with E-state index in [-0.39, 0.29) is 17.8 Å². The SMILES string of the molecule is CCC(CC)(CO)CNCc1ccc(O)c(OC)c1. The van der Waals surface area contributed by atoms with E-state index in [0.717, 1.165) is 24.9 Å². The van der Waals surface area contributed by atoms with Crippen molar-refractivity contribution in [2.75, 3.05) is 20.3 Å². The van der Waals surface area contributed by atoms with Gasteiger partial charge in [0.2, 0.25) is 0 Å². The zero-order chi connectivity index (χ0) is 14.3. The molecule has 0 atom stereocenters. The van der Waals surface area contributed by atoms with Crippen LogP contribution in [-0.4, -0.2) is 30.5 Å². The normalized spacial score (nSPS) is 11.6. The summed E-state index contributed by atoms with van der Waals surface area (Å²) in [4.78, 5) is 0. The van der Waals surface area contributed by atoms with E-state index in [2.05, 4.69) is 19.2 Å². The van der Waals surface area contributed by atoms with Crippen LogP contribution in [0.1, 0.15) is 32.3 Å². The van der Waals surface area contributed by atoms with Gasteiger partial charge in [0.05, 0.1) is 7.11 Å². The molecule has 1 aromatic rings. The van der Waals surface area contributed by atoms with Gasteiger partial charge in [0.25, 0.3) is 0 Å². The number of nitrogens with one attached hydrogen (secondary N) is 1. The van der Waals surface area contributed by atoms with Crippen LogP contribution in [0, 0.1) is 5.41 Å². The predicted octanol–water partition coefficient (Wildman–Crippen LogP) is 2.29. The van der Waals surface area contributed by atoms with Gasteiger partial charge in [0, 0.05) is 25.1 Å². The van der Waals surface area contributed by atoms with Crippen LogP contribution < -0.4 is 10.1 Å². The first-order valence-corrected chi connectivity index (χ1v) is 6.78. The number of rotatable bonds is 8. The Bertz CT molecular complexity index is 381.